The number of imidazole rings is 1. The van der Waals surface area contributed by atoms with E-state index in [1.54, 1.807) is 16.8 Å². The summed E-state index contributed by atoms with van der Waals surface area (Å²) in [6, 6.07) is 7.68. The van der Waals surface area contributed by atoms with Crippen molar-refractivity contribution in [2.24, 2.45) is 7.05 Å². The highest BCUT2D eigenvalue weighted by Gasteiger charge is 2.65. The van der Waals surface area contributed by atoms with E-state index in [1.165, 1.54) is 23.3 Å². The van der Waals surface area contributed by atoms with Crippen molar-refractivity contribution in [3.8, 4) is 0 Å². The highest BCUT2D eigenvalue weighted by molar-refractivity contribution is 5.79. The van der Waals surface area contributed by atoms with Gasteiger partial charge in [-0.3, -0.25) is 0 Å². The van der Waals surface area contributed by atoms with E-state index in [-0.39, 0.29) is 18.9 Å². The first-order chi connectivity index (χ1) is 17.1. The molecule has 0 N–H and O–H groups in total. The van der Waals surface area contributed by atoms with Crippen LogP contribution in [0.3, 0.4) is 0 Å². The fourth-order valence-electron chi connectivity index (χ4n) is 5.58. The minimum Gasteiger partial charge on any atom is -0.322 e. The molecular weight excluding hydrogens is 487 g/mol. The molecule has 0 bridgehead atoms. The zero-order chi connectivity index (χ0) is 27.4. The smallest absolute Gasteiger partial charge is 0.322 e. The van der Waals surface area contributed by atoms with Gasteiger partial charge in [0.2, 0.25) is 12.0 Å². The fourth-order valence-corrected chi connectivity index (χ4v) is 5.58. The van der Waals surface area contributed by atoms with Gasteiger partial charge in [-0.2, -0.15) is 26.5 Å². The number of hydrogen-bond donors (Lipinski definition) is 0. The van der Waals surface area contributed by atoms with Gasteiger partial charge in [-0.15, -0.1) is 0 Å². The molecule has 0 spiro atoms. The first kappa shape index (κ1) is 26.7. The molecule has 1 aliphatic heterocycles. The van der Waals surface area contributed by atoms with Crippen LogP contribution in [-0.2, 0) is 7.05 Å². The molecular formula is C28H32F5N4+. The molecule has 2 heterocycles. The van der Waals surface area contributed by atoms with Gasteiger partial charge in [-0.25, -0.2) is 4.57 Å². The van der Waals surface area contributed by atoms with Crippen molar-refractivity contribution in [1.82, 2.24) is 4.57 Å². The maximum atomic E-state index is 15.6. The number of nitrogens with zero attached hydrogens (tertiary/aromatic N) is 4. The molecule has 37 heavy (non-hydrogen) atoms. The summed E-state index contributed by atoms with van der Waals surface area (Å²) in [4.78, 5) is 3.25. The van der Waals surface area contributed by atoms with Crippen LogP contribution in [0.4, 0.5) is 33.3 Å². The van der Waals surface area contributed by atoms with E-state index in [4.69, 9.17) is 0 Å². The van der Waals surface area contributed by atoms with Crippen molar-refractivity contribution in [3.05, 3.63) is 82.2 Å². The Morgan fingerprint density at radius 3 is 1.46 bits per heavy atom. The molecule has 0 aliphatic carbocycles. The van der Waals surface area contributed by atoms with Crippen LogP contribution in [0.25, 0.3) is 5.70 Å². The Labute approximate surface area is 214 Å². The van der Waals surface area contributed by atoms with Crippen LogP contribution in [0.1, 0.15) is 33.4 Å². The molecule has 0 saturated carbocycles. The van der Waals surface area contributed by atoms with Gasteiger partial charge < -0.3 is 9.80 Å². The second-order valence-electron chi connectivity index (χ2n) is 10.0. The van der Waals surface area contributed by atoms with E-state index < -0.39 is 17.8 Å². The number of benzene rings is 2. The summed E-state index contributed by atoms with van der Waals surface area (Å²) in [7, 11) is 1.58. The molecule has 4 rings (SSSR count). The van der Waals surface area contributed by atoms with Gasteiger partial charge in [0.1, 0.15) is 12.4 Å². The lowest BCUT2D eigenvalue weighted by molar-refractivity contribution is -0.670. The lowest BCUT2D eigenvalue weighted by Gasteiger charge is -2.32. The van der Waals surface area contributed by atoms with Crippen molar-refractivity contribution in [2.45, 2.75) is 53.6 Å². The quantitative estimate of drug-likeness (QED) is 0.288. The molecule has 1 aliphatic rings. The van der Waals surface area contributed by atoms with E-state index >= 15 is 8.78 Å². The Kier molecular flexibility index (Phi) is 6.63. The molecule has 4 nitrogen and oxygen atoms in total. The van der Waals surface area contributed by atoms with Crippen molar-refractivity contribution >= 4 is 17.1 Å². The van der Waals surface area contributed by atoms with E-state index in [0.717, 1.165) is 37.9 Å². The molecule has 1 fully saturated rings. The Morgan fingerprint density at radius 1 is 0.730 bits per heavy atom. The zero-order valence-corrected chi connectivity index (χ0v) is 22.1. The summed E-state index contributed by atoms with van der Waals surface area (Å²) in [6.45, 7) is 11.8. The normalized spacial score (nSPS) is 14.6. The second-order valence-corrected chi connectivity index (χ2v) is 10.0. The highest BCUT2D eigenvalue weighted by Crippen LogP contribution is 2.48. The van der Waals surface area contributed by atoms with Gasteiger partial charge >= 0.3 is 12.1 Å². The monoisotopic (exact) mass is 519 g/mol. The predicted molar refractivity (Wildman–Crippen MR) is 136 cm³/mol. The average molecular weight is 520 g/mol. The van der Waals surface area contributed by atoms with E-state index in [9.17, 15) is 13.2 Å². The van der Waals surface area contributed by atoms with E-state index in [2.05, 4.69) is 0 Å². The van der Waals surface area contributed by atoms with Crippen molar-refractivity contribution in [3.63, 3.8) is 0 Å². The molecule has 1 aromatic heterocycles. The summed E-state index contributed by atoms with van der Waals surface area (Å²) in [5.74, 6) is -5.31. The number of halogens is 5. The second kappa shape index (κ2) is 9.19. The molecule has 198 valence electrons. The van der Waals surface area contributed by atoms with Crippen molar-refractivity contribution < 1.29 is 26.5 Å². The maximum Gasteiger partial charge on any atom is 0.462 e. The lowest BCUT2D eigenvalue weighted by atomic mass is 10.0. The Bertz CT molecular complexity index is 1270. The third kappa shape index (κ3) is 4.60. The van der Waals surface area contributed by atoms with E-state index in [0.29, 0.717) is 11.4 Å². The number of aromatic nitrogens is 2. The molecule has 3 aromatic rings. The largest absolute Gasteiger partial charge is 0.462 e. The predicted octanol–water partition coefficient (Wildman–Crippen LogP) is 6.51. The number of allylic oxidation sites excluding steroid dienone is 1. The van der Waals surface area contributed by atoms with Gasteiger partial charge in [-0.05, 0) is 63.8 Å². The summed E-state index contributed by atoms with van der Waals surface area (Å²) in [5, 5.41) is 0. The molecule has 0 amide bonds. The standard InChI is InChI=1S/C28H32F5N4/c1-17-12-19(3)23(20(4)13-17)36-10-11-37(24-21(5)14-18(2)15-22(24)6)26(36)25(27(29,30)28(31,32)33)35-9-8-34(7)16-35/h8-9,12-16H,10-11H2,1-7H3/q+1. The van der Waals surface area contributed by atoms with Crippen LogP contribution in [0.5, 0.6) is 0 Å². The summed E-state index contributed by atoms with van der Waals surface area (Å²) >= 11 is 0. The third-order valence-corrected chi connectivity index (χ3v) is 6.76. The summed E-state index contributed by atoms with van der Waals surface area (Å²) in [6.07, 6.45) is -1.88. The van der Waals surface area contributed by atoms with Crippen LogP contribution in [0.15, 0.2) is 48.8 Å². The molecule has 0 unspecified atom stereocenters. The van der Waals surface area contributed by atoms with Gasteiger partial charge in [0.25, 0.3) is 0 Å². The topological polar surface area (TPSA) is 15.3 Å². The number of rotatable bonds is 4. The zero-order valence-electron chi connectivity index (χ0n) is 22.1. The highest BCUT2D eigenvalue weighted by atomic mass is 19.4. The number of hydrogen-bond acceptors (Lipinski definition) is 2. The van der Waals surface area contributed by atoms with Crippen LogP contribution >= 0.6 is 0 Å². The third-order valence-electron chi connectivity index (χ3n) is 6.76. The lowest BCUT2D eigenvalue weighted by Crippen LogP contribution is -2.43. The van der Waals surface area contributed by atoms with Crippen LogP contribution in [0.2, 0.25) is 0 Å². The summed E-state index contributed by atoms with van der Waals surface area (Å²) < 4.78 is 75.7. The first-order valence-electron chi connectivity index (χ1n) is 12.1. The average Bonchev–Trinajstić information content (AvgIpc) is 3.33. The van der Waals surface area contributed by atoms with E-state index in [1.807, 2.05) is 65.8 Å². The fraction of sp³-hybridized carbons (Fsp3) is 0.393. The van der Waals surface area contributed by atoms with Crippen LogP contribution in [-0.4, -0.2) is 29.8 Å². The molecule has 0 atom stereocenters. The number of anilines is 2. The van der Waals surface area contributed by atoms with Gasteiger partial charge in [0.05, 0.1) is 7.05 Å². The van der Waals surface area contributed by atoms with Gasteiger partial charge in [0.15, 0.2) is 5.82 Å². The Balaban J connectivity index is 2.14. The Hall–Kier alpha value is -3.36. The molecule has 2 aromatic carbocycles. The minimum absolute atomic E-state index is 0.177. The SMILES string of the molecule is Cc1cc(C)c(N2CCN(c3c(C)cc(C)cc3C)C2=C(n2cc[n+](C)c2)C(F)(F)C(F)(F)F)c(C)c1. The maximum absolute atomic E-state index is 15.6. The first-order valence-corrected chi connectivity index (χ1v) is 12.1. The summed E-state index contributed by atoms with van der Waals surface area (Å²) in [5.41, 5.74) is 5.35. The van der Waals surface area contributed by atoms with Crippen molar-refractivity contribution in [1.29, 1.82) is 0 Å². The Morgan fingerprint density at radius 2 is 1.14 bits per heavy atom. The van der Waals surface area contributed by atoms with Gasteiger partial charge in [-0.1, -0.05) is 35.4 Å². The van der Waals surface area contributed by atoms with Gasteiger partial charge in [0, 0.05) is 24.5 Å². The number of alkyl halides is 5. The molecule has 9 heteroatoms. The van der Waals surface area contributed by atoms with Crippen LogP contribution in [0, 0.1) is 41.5 Å². The molecule has 0 radical (unpaired) electrons. The van der Waals surface area contributed by atoms with Crippen molar-refractivity contribution in [2.75, 3.05) is 22.9 Å². The van der Waals surface area contributed by atoms with Crippen LogP contribution < -0.4 is 14.4 Å². The molecule has 1 saturated heterocycles. The number of aryl methyl sites for hydroxylation is 7. The minimum atomic E-state index is -5.80.